The third-order valence-electron chi connectivity index (χ3n) is 8.70. The molecule has 0 radical (unpaired) electrons. The first kappa shape index (κ1) is 35.4. The van der Waals surface area contributed by atoms with Crippen LogP contribution in [0.15, 0.2) is 70.6 Å². The Balaban J connectivity index is 1.06. The van der Waals surface area contributed by atoms with Gasteiger partial charge in [-0.3, -0.25) is 0 Å². The molecule has 3 heterocycles. The van der Waals surface area contributed by atoms with Gasteiger partial charge in [0, 0.05) is 38.3 Å². The van der Waals surface area contributed by atoms with Crippen LogP contribution < -0.4 is 14.8 Å². The second-order valence-corrected chi connectivity index (χ2v) is 16.2. The molecule has 3 aromatic rings. The van der Waals surface area contributed by atoms with Crippen LogP contribution in [0, 0.1) is 6.92 Å². The maximum atomic E-state index is 13.5. The number of nitrogens with one attached hydrogen (secondary N) is 2. The number of hydrogen-bond acceptors (Lipinski definition) is 10. The highest BCUT2D eigenvalue weighted by Crippen LogP contribution is 2.37. The Kier molecular flexibility index (Phi) is 11.4. The molecule has 0 saturated carbocycles. The summed E-state index contributed by atoms with van der Waals surface area (Å²) in [6.07, 6.45) is 3.15. The molecule has 2 saturated heterocycles. The summed E-state index contributed by atoms with van der Waals surface area (Å²) >= 11 is 0. The van der Waals surface area contributed by atoms with Crippen molar-refractivity contribution in [1.29, 1.82) is 0 Å². The minimum Gasteiger partial charge on any atom is -0.491 e. The number of para-hydroxylation sites is 1. The number of aliphatic hydroxyl groups excluding tert-OH is 1. The standard InChI is InChI=1S/C32H46N6O7S2/c1-25-31(22-34-38(25)27-9-5-4-6-10-27)47(42,43)37-17-13-32(14-18-37)20-26(23-45-32)33-21-28(39)24-44-29-11-7-12-30(19-29)46(40,41)35-15-8-16-36(2)3/h4-7,9-12,19,22,26,28,33,35,39H,8,13-18,20-21,23-24H2,1-3H3/t26?,28-/m0/s1. The lowest BCUT2D eigenvalue weighted by atomic mass is 9.88. The summed E-state index contributed by atoms with van der Waals surface area (Å²) in [5.41, 5.74) is 0.958. The normalized spacial score (nSPS) is 19.4. The van der Waals surface area contributed by atoms with Gasteiger partial charge in [-0.05, 0) is 77.5 Å². The van der Waals surface area contributed by atoms with Gasteiger partial charge in [0.25, 0.3) is 0 Å². The first-order valence-corrected chi connectivity index (χ1v) is 18.8. The highest BCUT2D eigenvalue weighted by atomic mass is 32.2. The van der Waals surface area contributed by atoms with Gasteiger partial charge in [0.15, 0.2) is 0 Å². The Hall–Kier alpha value is -2.89. The van der Waals surface area contributed by atoms with E-state index in [1.807, 2.05) is 49.3 Å². The lowest BCUT2D eigenvalue weighted by Crippen LogP contribution is -2.47. The molecular weight excluding hydrogens is 645 g/mol. The van der Waals surface area contributed by atoms with E-state index in [2.05, 4.69) is 15.1 Å². The zero-order chi connectivity index (χ0) is 33.7. The largest absolute Gasteiger partial charge is 0.491 e. The average Bonchev–Trinajstić information content (AvgIpc) is 3.65. The fraction of sp³-hybridized carbons (Fsp3) is 0.531. The summed E-state index contributed by atoms with van der Waals surface area (Å²) in [6, 6.07) is 15.7. The Labute approximate surface area is 278 Å². The van der Waals surface area contributed by atoms with Crippen LogP contribution in [-0.2, 0) is 24.8 Å². The van der Waals surface area contributed by atoms with Crippen molar-refractivity contribution in [2.24, 2.45) is 0 Å². The van der Waals surface area contributed by atoms with E-state index in [-0.39, 0.29) is 29.0 Å². The summed E-state index contributed by atoms with van der Waals surface area (Å²) in [6.45, 7) is 4.29. The zero-order valence-electron chi connectivity index (χ0n) is 27.2. The highest BCUT2D eigenvalue weighted by molar-refractivity contribution is 7.89. The average molecular weight is 691 g/mol. The Morgan fingerprint density at radius 1 is 1.11 bits per heavy atom. The van der Waals surface area contributed by atoms with Crippen molar-refractivity contribution in [3.63, 3.8) is 0 Å². The van der Waals surface area contributed by atoms with E-state index >= 15 is 0 Å². The van der Waals surface area contributed by atoms with Crippen LogP contribution >= 0.6 is 0 Å². The van der Waals surface area contributed by atoms with Gasteiger partial charge in [-0.1, -0.05) is 24.3 Å². The van der Waals surface area contributed by atoms with E-state index < -0.39 is 31.8 Å². The number of aromatic nitrogens is 2. The Bertz CT molecular complexity index is 1690. The van der Waals surface area contributed by atoms with Crippen molar-refractivity contribution in [2.45, 2.75) is 60.1 Å². The second-order valence-electron chi connectivity index (χ2n) is 12.5. The number of nitrogens with zero attached hydrogens (tertiary/aromatic N) is 4. The molecule has 2 atom stereocenters. The zero-order valence-corrected chi connectivity index (χ0v) is 28.8. The molecule has 47 heavy (non-hydrogen) atoms. The van der Waals surface area contributed by atoms with Gasteiger partial charge in [0.2, 0.25) is 20.0 Å². The number of rotatable bonds is 15. The monoisotopic (exact) mass is 690 g/mol. The van der Waals surface area contributed by atoms with Gasteiger partial charge < -0.3 is 24.8 Å². The predicted molar refractivity (Wildman–Crippen MR) is 178 cm³/mol. The van der Waals surface area contributed by atoms with E-state index in [1.165, 1.54) is 22.6 Å². The highest BCUT2D eigenvalue weighted by Gasteiger charge is 2.45. The van der Waals surface area contributed by atoms with Gasteiger partial charge in [0.05, 0.1) is 34.7 Å². The minimum atomic E-state index is -3.72. The molecule has 258 valence electrons. The first-order chi connectivity index (χ1) is 22.4. The van der Waals surface area contributed by atoms with Crippen LogP contribution in [0.2, 0.25) is 0 Å². The van der Waals surface area contributed by atoms with Crippen molar-refractivity contribution in [3.05, 3.63) is 66.5 Å². The number of hydrogen-bond donors (Lipinski definition) is 3. The molecular formula is C32H46N6O7S2. The summed E-state index contributed by atoms with van der Waals surface area (Å²) in [5, 5.41) is 18.3. The quantitative estimate of drug-likeness (QED) is 0.201. The number of piperidine rings is 1. The fourth-order valence-corrected chi connectivity index (χ4v) is 8.74. The lowest BCUT2D eigenvalue weighted by molar-refractivity contribution is -0.0312. The SMILES string of the molecule is Cc1c(S(=O)(=O)N2CCC3(CC2)CC(NC[C@H](O)COc2cccc(S(=O)(=O)NCCCN(C)C)c2)CO3)cnn1-c1ccccc1. The van der Waals surface area contributed by atoms with Gasteiger partial charge in [-0.15, -0.1) is 0 Å². The third-order valence-corrected chi connectivity index (χ3v) is 12.2. The summed E-state index contributed by atoms with van der Waals surface area (Å²) in [4.78, 5) is 2.31. The first-order valence-electron chi connectivity index (χ1n) is 15.9. The van der Waals surface area contributed by atoms with Crippen LogP contribution in [0.3, 0.4) is 0 Å². The molecule has 2 aromatic carbocycles. The van der Waals surface area contributed by atoms with Gasteiger partial charge in [-0.25, -0.2) is 26.2 Å². The van der Waals surface area contributed by atoms with Crippen LogP contribution in [0.1, 0.15) is 31.4 Å². The molecule has 5 rings (SSSR count). The van der Waals surface area contributed by atoms with Gasteiger partial charge >= 0.3 is 0 Å². The summed E-state index contributed by atoms with van der Waals surface area (Å²) in [5.74, 6) is 0.354. The van der Waals surface area contributed by atoms with Crippen molar-refractivity contribution >= 4 is 20.0 Å². The molecule has 0 aliphatic carbocycles. The minimum absolute atomic E-state index is 0.00574. The second kappa shape index (κ2) is 15.1. The lowest BCUT2D eigenvalue weighted by Gasteiger charge is -2.38. The molecule has 1 unspecified atom stereocenters. The van der Waals surface area contributed by atoms with E-state index in [1.54, 1.807) is 23.7 Å². The molecule has 2 aliphatic rings. The van der Waals surface area contributed by atoms with E-state index in [9.17, 15) is 21.9 Å². The molecule has 2 fully saturated rings. The van der Waals surface area contributed by atoms with Gasteiger partial charge in [0.1, 0.15) is 23.4 Å². The number of aliphatic hydroxyl groups is 1. The molecule has 3 N–H and O–H groups in total. The summed E-state index contributed by atoms with van der Waals surface area (Å²) in [7, 11) is -3.52. The topological polar surface area (TPSA) is 155 Å². The molecule has 2 aliphatic heterocycles. The van der Waals surface area contributed by atoms with Crippen molar-refractivity contribution in [1.82, 2.24) is 29.0 Å². The van der Waals surface area contributed by atoms with Crippen LogP contribution in [0.4, 0.5) is 0 Å². The van der Waals surface area contributed by atoms with E-state index in [0.29, 0.717) is 63.4 Å². The molecule has 0 bridgehead atoms. The van der Waals surface area contributed by atoms with Crippen molar-refractivity contribution in [2.75, 3.05) is 60.0 Å². The van der Waals surface area contributed by atoms with Crippen LogP contribution in [0.5, 0.6) is 5.75 Å². The maximum absolute atomic E-state index is 13.5. The van der Waals surface area contributed by atoms with Crippen molar-refractivity contribution < 1.29 is 31.4 Å². The van der Waals surface area contributed by atoms with Crippen molar-refractivity contribution in [3.8, 4) is 11.4 Å². The fourth-order valence-electron chi connectivity index (χ4n) is 6.04. The molecule has 1 aromatic heterocycles. The maximum Gasteiger partial charge on any atom is 0.246 e. The number of benzene rings is 2. The van der Waals surface area contributed by atoms with E-state index in [4.69, 9.17) is 9.47 Å². The van der Waals surface area contributed by atoms with Crippen LogP contribution in [0.25, 0.3) is 5.69 Å². The smallest absolute Gasteiger partial charge is 0.246 e. The Morgan fingerprint density at radius 3 is 2.57 bits per heavy atom. The number of ether oxygens (including phenoxy) is 2. The Morgan fingerprint density at radius 2 is 1.85 bits per heavy atom. The van der Waals surface area contributed by atoms with E-state index in [0.717, 1.165) is 12.2 Å². The predicted octanol–water partition coefficient (Wildman–Crippen LogP) is 1.75. The number of sulfonamides is 2. The molecule has 13 nitrogen and oxygen atoms in total. The molecule has 1 spiro atoms. The molecule has 15 heteroatoms. The third kappa shape index (κ3) is 8.78. The van der Waals surface area contributed by atoms with Crippen LogP contribution in [-0.4, -0.2) is 119 Å². The molecule has 0 amide bonds. The van der Waals surface area contributed by atoms with Gasteiger partial charge in [-0.2, -0.15) is 9.40 Å². The summed E-state index contributed by atoms with van der Waals surface area (Å²) < 4.78 is 70.1.